The molecule has 0 aromatic heterocycles. The van der Waals surface area contributed by atoms with Crippen LogP contribution in [0.1, 0.15) is 15.9 Å². The molecule has 4 N–H and O–H groups in total. The maximum Gasteiger partial charge on any atom is 0.255 e. The van der Waals surface area contributed by atoms with Gasteiger partial charge in [0.2, 0.25) is 0 Å². The first-order valence-corrected chi connectivity index (χ1v) is 5.68. The summed E-state index contributed by atoms with van der Waals surface area (Å²) in [5.41, 5.74) is 6.95. The van der Waals surface area contributed by atoms with Gasteiger partial charge < -0.3 is 16.2 Å². The van der Waals surface area contributed by atoms with Crippen molar-refractivity contribution in [2.45, 2.75) is 6.54 Å². The molecule has 19 heavy (non-hydrogen) atoms. The average Bonchev–Trinajstić information content (AvgIpc) is 2.40. The topological polar surface area (TPSA) is 75.3 Å². The Kier molecular flexibility index (Phi) is 3.66. The first-order chi connectivity index (χ1) is 9.08. The SMILES string of the molecule is Nc1ccccc1CNC(=O)c1cc(F)ccc1O. The Morgan fingerprint density at radius 2 is 2.00 bits per heavy atom. The first kappa shape index (κ1) is 12.9. The summed E-state index contributed by atoms with van der Waals surface area (Å²) < 4.78 is 13.0. The summed E-state index contributed by atoms with van der Waals surface area (Å²) in [6.45, 7) is 0.210. The molecule has 0 aliphatic carbocycles. The minimum atomic E-state index is -0.581. The summed E-state index contributed by atoms with van der Waals surface area (Å²) in [6, 6.07) is 10.3. The second kappa shape index (κ2) is 5.39. The number of nitrogen functional groups attached to an aromatic ring is 1. The maximum atomic E-state index is 13.0. The smallest absolute Gasteiger partial charge is 0.255 e. The van der Waals surface area contributed by atoms with Crippen molar-refractivity contribution in [3.8, 4) is 5.75 Å². The maximum absolute atomic E-state index is 13.0. The lowest BCUT2D eigenvalue weighted by atomic mass is 10.1. The number of hydrogen-bond acceptors (Lipinski definition) is 3. The number of para-hydroxylation sites is 1. The van der Waals surface area contributed by atoms with Gasteiger partial charge in [-0.3, -0.25) is 4.79 Å². The fraction of sp³-hybridized carbons (Fsp3) is 0.0714. The molecule has 2 aromatic rings. The van der Waals surface area contributed by atoms with Gasteiger partial charge in [0.1, 0.15) is 11.6 Å². The summed E-state index contributed by atoms with van der Waals surface area (Å²) in [4.78, 5) is 11.8. The van der Waals surface area contributed by atoms with E-state index in [2.05, 4.69) is 5.32 Å². The molecule has 5 heteroatoms. The van der Waals surface area contributed by atoms with Crippen molar-refractivity contribution in [2.75, 3.05) is 5.73 Å². The molecule has 98 valence electrons. The van der Waals surface area contributed by atoms with Gasteiger partial charge in [-0.2, -0.15) is 0 Å². The minimum absolute atomic E-state index is 0.102. The highest BCUT2D eigenvalue weighted by molar-refractivity contribution is 5.96. The number of nitrogens with one attached hydrogen (secondary N) is 1. The van der Waals surface area contributed by atoms with Crippen LogP contribution in [0.4, 0.5) is 10.1 Å². The Labute approximate surface area is 109 Å². The molecule has 0 fully saturated rings. The van der Waals surface area contributed by atoms with Crippen LogP contribution in [-0.2, 0) is 6.54 Å². The van der Waals surface area contributed by atoms with Crippen molar-refractivity contribution >= 4 is 11.6 Å². The van der Waals surface area contributed by atoms with E-state index < -0.39 is 11.7 Å². The van der Waals surface area contributed by atoms with Crippen molar-refractivity contribution in [1.82, 2.24) is 5.32 Å². The molecule has 2 rings (SSSR count). The first-order valence-electron chi connectivity index (χ1n) is 5.68. The molecule has 0 saturated heterocycles. The number of phenols is 1. The lowest BCUT2D eigenvalue weighted by Gasteiger charge is -2.08. The monoisotopic (exact) mass is 260 g/mol. The second-order valence-electron chi connectivity index (χ2n) is 4.04. The Morgan fingerprint density at radius 3 is 2.74 bits per heavy atom. The molecule has 0 aliphatic heterocycles. The van der Waals surface area contributed by atoms with Crippen LogP contribution in [0.25, 0.3) is 0 Å². The molecule has 0 saturated carbocycles. The van der Waals surface area contributed by atoms with Crippen LogP contribution in [-0.4, -0.2) is 11.0 Å². The standard InChI is InChI=1S/C14H13FN2O2/c15-10-5-6-13(18)11(7-10)14(19)17-8-9-3-1-2-4-12(9)16/h1-7,18H,8,16H2,(H,17,19). The van der Waals surface area contributed by atoms with Crippen LogP contribution in [0, 0.1) is 5.82 Å². The van der Waals surface area contributed by atoms with Crippen molar-refractivity contribution in [3.63, 3.8) is 0 Å². The van der Waals surface area contributed by atoms with Crippen LogP contribution < -0.4 is 11.1 Å². The quantitative estimate of drug-likeness (QED) is 0.739. The number of halogens is 1. The molecule has 0 atom stereocenters. The predicted molar refractivity (Wildman–Crippen MR) is 70.1 cm³/mol. The average molecular weight is 260 g/mol. The van der Waals surface area contributed by atoms with Crippen molar-refractivity contribution < 1.29 is 14.3 Å². The molecular formula is C14H13FN2O2. The van der Waals surface area contributed by atoms with Crippen LogP contribution in [0.5, 0.6) is 5.75 Å². The van der Waals surface area contributed by atoms with E-state index in [4.69, 9.17) is 5.73 Å². The zero-order chi connectivity index (χ0) is 13.8. The third-order valence-electron chi connectivity index (χ3n) is 2.70. The van der Waals surface area contributed by atoms with Crippen molar-refractivity contribution in [3.05, 3.63) is 59.4 Å². The van der Waals surface area contributed by atoms with Gasteiger partial charge in [0, 0.05) is 12.2 Å². The summed E-state index contributed by atoms with van der Waals surface area (Å²) in [6.07, 6.45) is 0. The largest absolute Gasteiger partial charge is 0.507 e. The molecule has 4 nitrogen and oxygen atoms in total. The zero-order valence-corrected chi connectivity index (χ0v) is 10.1. The highest BCUT2D eigenvalue weighted by atomic mass is 19.1. The minimum Gasteiger partial charge on any atom is -0.507 e. The van der Waals surface area contributed by atoms with Gasteiger partial charge in [0.15, 0.2) is 0 Å². The third-order valence-corrected chi connectivity index (χ3v) is 2.70. The number of carbonyl (C=O) groups excluding carboxylic acids is 1. The number of phenolic OH excluding ortho intramolecular Hbond substituents is 1. The predicted octanol–water partition coefficient (Wildman–Crippen LogP) is 2.04. The summed E-state index contributed by atoms with van der Waals surface area (Å²) in [5, 5.41) is 12.1. The Hall–Kier alpha value is -2.56. The van der Waals surface area contributed by atoms with Crippen LogP contribution in [0.2, 0.25) is 0 Å². The second-order valence-corrected chi connectivity index (χ2v) is 4.04. The van der Waals surface area contributed by atoms with E-state index in [1.165, 1.54) is 0 Å². The lowest BCUT2D eigenvalue weighted by Crippen LogP contribution is -2.23. The van der Waals surface area contributed by atoms with Gasteiger partial charge in [-0.05, 0) is 29.8 Å². The summed E-state index contributed by atoms with van der Waals surface area (Å²) in [7, 11) is 0. The molecular weight excluding hydrogens is 247 g/mol. The number of hydrogen-bond donors (Lipinski definition) is 3. The van der Waals surface area contributed by atoms with E-state index in [0.29, 0.717) is 5.69 Å². The zero-order valence-electron chi connectivity index (χ0n) is 10.1. The lowest BCUT2D eigenvalue weighted by molar-refractivity contribution is 0.0948. The van der Waals surface area contributed by atoms with Crippen LogP contribution >= 0.6 is 0 Å². The third kappa shape index (κ3) is 3.01. The Bertz CT molecular complexity index is 614. The summed E-state index contributed by atoms with van der Waals surface area (Å²) >= 11 is 0. The molecule has 1 amide bonds. The van der Waals surface area contributed by atoms with Gasteiger partial charge >= 0.3 is 0 Å². The van der Waals surface area contributed by atoms with E-state index in [9.17, 15) is 14.3 Å². The number of aromatic hydroxyl groups is 1. The normalized spacial score (nSPS) is 10.2. The molecule has 2 aromatic carbocycles. The van der Waals surface area contributed by atoms with Gasteiger partial charge in [0.25, 0.3) is 5.91 Å². The highest BCUT2D eigenvalue weighted by Gasteiger charge is 2.12. The molecule has 0 radical (unpaired) electrons. The van der Waals surface area contributed by atoms with E-state index in [1.54, 1.807) is 24.3 Å². The number of amides is 1. The van der Waals surface area contributed by atoms with Crippen LogP contribution in [0.3, 0.4) is 0 Å². The van der Waals surface area contributed by atoms with E-state index in [-0.39, 0.29) is 17.9 Å². The molecule has 0 heterocycles. The van der Waals surface area contributed by atoms with Crippen molar-refractivity contribution in [1.29, 1.82) is 0 Å². The van der Waals surface area contributed by atoms with Gasteiger partial charge in [0.05, 0.1) is 5.56 Å². The van der Waals surface area contributed by atoms with Gasteiger partial charge in [-0.15, -0.1) is 0 Å². The van der Waals surface area contributed by atoms with Gasteiger partial charge in [-0.25, -0.2) is 4.39 Å². The van der Waals surface area contributed by atoms with E-state index in [0.717, 1.165) is 23.8 Å². The summed E-state index contributed by atoms with van der Waals surface area (Å²) in [5.74, 6) is -1.40. The van der Waals surface area contributed by atoms with Crippen molar-refractivity contribution in [2.24, 2.45) is 0 Å². The number of carbonyl (C=O) groups is 1. The Balaban J connectivity index is 2.10. The highest BCUT2D eigenvalue weighted by Crippen LogP contribution is 2.18. The number of anilines is 1. The molecule has 0 spiro atoms. The van der Waals surface area contributed by atoms with Crippen LogP contribution in [0.15, 0.2) is 42.5 Å². The van der Waals surface area contributed by atoms with Gasteiger partial charge in [-0.1, -0.05) is 18.2 Å². The van der Waals surface area contributed by atoms with E-state index >= 15 is 0 Å². The molecule has 0 unspecified atom stereocenters. The Morgan fingerprint density at radius 1 is 1.26 bits per heavy atom. The fourth-order valence-electron chi connectivity index (χ4n) is 1.66. The molecule has 0 bridgehead atoms. The number of benzene rings is 2. The molecule has 0 aliphatic rings. The van der Waals surface area contributed by atoms with E-state index in [1.807, 2.05) is 0 Å². The number of nitrogens with two attached hydrogens (primary N) is 1. The fourth-order valence-corrected chi connectivity index (χ4v) is 1.66. The number of rotatable bonds is 3.